The van der Waals surface area contributed by atoms with Crippen LogP contribution < -0.4 is 10.5 Å². The third kappa shape index (κ3) is 3.10. The maximum atomic E-state index is 12.2. The van der Waals surface area contributed by atoms with Crippen LogP contribution in [0, 0.1) is 0 Å². The molecule has 0 saturated carbocycles. The fourth-order valence-corrected chi connectivity index (χ4v) is 4.66. The molecule has 0 amide bonds. The molecule has 0 aliphatic carbocycles. The molecule has 1 aliphatic heterocycles. The molecule has 1 aromatic rings. The average Bonchev–Trinajstić information content (AvgIpc) is 2.77. The topological polar surface area (TPSA) is 81.4 Å². The summed E-state index contributed by atoms with van der Waals surface area (Å²) >= 11 is 1.21. The Bertz CT molecular complexity index is 504. The summed E-state index contributed by atoms with van der Waals surface area (Å²) in [5.41, 5.74) is 4.98. The van der Waals surface area contributed by atoms with E-state index in [4.69, 9.17) is 10.5 Å². The molecule has 7 heteroatoms. The Kier molecular flexibility index (Phi) is 4.08. The highest BCUT2D eigenvalue weighted by Crippen LogP contribution is 2.25. The van der Waals surface area contributed by atoms with Crippen LogP contribution in [0.15, 0.2) is 16.3 Å². The molecular weight excluding hydrogens is 272 g/mol. The van der Waals surface area contributed by atoms with E-state index >= 15 is 0 Å². The number of thiophene rings is 1. The summed E-state index contributed by atoms with van der Waals surface area (Å²) in [6.45, 7) is 3.36. The summed E-state index contributed by atoms with van der Waals surface area (Å²) in [6, 6.07) is 3.35. The SMILES string of the molecule is CC1(NS(=O)(=O)c2ccc(CN)s2)CCCOC1. The first-order valence-electron chi connectivity index (χ1n) is 5.86. The molecule has 1 atom stereocenters. The largest absolute Gasteiger partial charge is 0.380 e. The maximum absolute atomic E-state index is 12.2. The van der Waals surface area contributed by atoms with Crippen molar-refractivity contribution in [3.8, 4) is 0 Å². The standard InChI is InChI=1S/C11H18N2O3S2/c1-11(5-2-6-16-8-11)13-18(14,15)10-4-3-9(7-12)17-10/h3-4,13H,2,5-8,12H2,1H3. The zero-order valence-electron chi connectivity index (χ0n) is 10.3. The molecule has 2 rings (SSSR count). The van der Waals surface area contributed by atoms with Gasteiger partial charge in [-0.2, -0.15) is 0 Å². The lowest BCUT2D eigenvalue weighted by atomic mass is 9.97. The molecule has 102 valence electrons. The van der Waals surface area contributed by atoms with Gasteiger partial charge in [0.25, 0.3) is 10.0 Å². The second-order valence-electron chi connectivity index (χ2n) is 4.75. The quantitative estimate of drug-likeness (QED) is 0.868. The molecule has 0 aromatic carbocycles. The highest BCUT2D eigenvalue weighted by atomic mass is 32.2. The molecule has 0 spiro atoms. The zero-order chi connectivity index (χ0) is 13.2. The molecule has 2 heterocycles. The van der Waals surface area contributed by atoms with Crippen LogP contribution in [-0.4, -0.2) is 27.2 Å². The smallest absolute Gasteiger partial charge is 0.250 e. The van der Waals surface area contributed by atoms with Gasteiger partial charge in [0.05, 0.1) is 12.1 Å². The number of nitrogens with one attached hydrogen (secondary N) is 1. The molecule has 0 bridgehead atoms. The minimum atomic E-state index is -3.47. The number of sulfonamides is 1. The van der Waals surface area contributed by atoms with Crippen molar-refractivity contribution in [3.05, 3.63) is 17.0 Å². The minimum absolute atomic E-state index is 0.315. The lowest BCUT2D eigenvalue weighted by Crippen LogP contribution is -2.51. The monoisotopic (exact) mass is 290 g/mol. The van der Waals surface area contributed by atoms with Crippen molar-refractivity contribution in [3.63, 3.8) is 0 Å². The number of hydrogen-bond donors (Lipinski definition) is 2. The van der Waals surface area contributed by atoms with Crippen molar-refractivity contribution < 1.29 is 13.2 Å². The van der Waals surface area contributed by atoms with Gasteiger partial charge in [-0.3, -0.25) is 0 Å². The van der Waals surface area contributed by atoms with Crippen LogP contribution in [0.3, 0.4) is 0 Å². The fraction of sp³-hybridized carbons (Fsp3) is 0.636. The van der Waals surface area contributed by atoms with Gasteiger partial charge in [-0.15, -0.1) is 11.3 Å². The zero-order valence-corrected chi connectivity index (χ0v) is 11.9. The number of hydrogen-bond acceptors (Lipinski definition) is 5. The Morgan fingerprint density at radius 3 is 2.89 bits per heavy atom. The maximum Gasteiger partial charge on any atom is 0.250 e. The third-order valence-corrected chi connectivity index (χ3v) is 6.16. The molecular formula is C11H18N2O3S2. The first-order valence-corrected chi connectivity index (χ1v) is 8.16. The highest BCUT2D eigenvalue weighted by molar-refractivity contribution is 7.91. The van der Waals surface area contributed by atoms with Gasteiger partial charge in [-0.1, -0.05) is 0 Å². The lowest BCUT2D eigenvalue weighted by molar-refractivity contribution is 0.0387. The molecule has 0 radical (unpaired) electrons. The first kappa shape index (κ1) is 14.0. The number of nitrogens with two attached hydrogens (primary N) is 1. The molecule has 1 saturated heterocycles. The summed E-state index contributed by atoms with van der Waals surface area (Å²) in [5.74, 6) is 0. The van der Waals surface area contributed by atoms with Crippen molar-refractivity contribution in [2.45, 2.75) is 36.1 Å². The van der Waals surface area contributed by atoms with E-state index in [9.17, 15) is 8.42 Å². The van der Waals surface area contributed by atoms with E-state index in [1.54, 1.807) is 12.1 Å². The molecule has 5 nitrogen and oxygen atoms in total. The summed E-state index contributed by atoms with van der Waals surface area (Å²) in [6.07, 6.45) is 1.67. The fourth-order valence-electron chi connectivity index (χ4n) is 2.00. The van der Waals surface area contributed by atoms with Crippen LogP contribution in [0.1, 0.15) is 24.6 Å². The van der Waals surface area contributed by atoms with Crippen molar-refractivity contribution in [1.29, 1.82) is 0 Å². The Morgan fingerprint density at radius 2 is 2.33 bits per heavy atom. The summed E-state index contributed by atoms with van der Waals surface area (Å²) in [7, 11) is -3.47. The lowest BCUT2D eigenvalue weighted by Gasteiger charge is -2.33. The van der Waals surface area contributed by atoms with Crippen molar-refractivity contribution >= 4 is 21.4 Å². The van der Waals surface area contributed by atoms with Crippen LogP contribution in [0.4, 0.5) is 0 Å². The van der Waals surface area contributed by atoms with Gasteiger partial charge in [0.15, 0.2) is 0 Å². The van der Waals surface area contributed by atoms with Crippen LogP contribution in [0.25, 0.3) is 0 Å². The normalized spacial score (nSPS) is 25.2. The van der Waals surface area contributed by atoms with Gasteiger partial charge < -0.3 is 10.5 Å². The van der Waals surface area contributed by atoms with Gasteiger partial charge in [0, 0.05) is 18.0 Å². The summed E-state index contributed by atoms with van der Waals surface area (Å²) in [4.78, 5) is 0.862. The number of ether oxygens (including phenoxy) is 1. The Hall–Kier alpha value is -0.470. The molecule has 1 unspecified atom stereocenters. The van der Waals surface area contributed by atoms with Crippen LogP contribution in [-0.2, 0) is 21.3 Å². The summed E-state index contributed by atoms with van der Waals surface area (Å²) in [5, 5.41) is 0. The number of rotatable bonds is 4. The Morgan fingerprint density at radius 1 is 1.56 bits per heavy atom. The first-order chi connectivity index (χ1) is 8.45. The van der Waals surface area contributed by atoms with Crippen LogP contribution in [0.5, 0.6) is 0 Å². The van der Waals surface area contributed by atoms with E-state index in [-0.39, 0.29) is 0 Å². The molecule has 3 N–H and O–H groups in total. The van der Waals surface area contributed by atoms with Gasteiger partial charge in [0.2, 0.25) is 0 Å². The Labute approximate surface area is 111 Å². The van der Waals surface area contributed by atoms with Gasteiger partial charge in [-0.05, 0) is 31.9 Å². The van der Waals surface area contributed by atoms with E-state index in [1.165, 1.54) is 11.3 Å². The predicted molar refractivity (Wildman–Crippen MR) is 71.0 cm³/mol. The van der Waals surface area contributed by atoms with Crippen molar-refractivity contribution in [2.75, 3.05) is 13.2 Å². The van der Waals surface area contributed by atoms with Crippen molar-refractivity contribution in [2.24, 2.45) is 5.73 Å². The second-order valence-corrected chi connectivity index (χ2v) is 7.82. The average molecular weight is 290 g/mol. The van der Waals surface area contributed by atoms with E-state index in [1.807, 2.05) is 6.92 Å². The molecule has 18 heavy (non-hydrogen) atoms. The van der Waals surface area contributed by atoms with Gasteiger partial charge >= 0.3 is 0 Å². The van der Waals surface area contributed by atoms with E-state index in [0.717, 1.165) is 17.7 Å². The van der Waals surface area contributed by atoms with Gasteiger partial charge in [-0.25, -0.2) is 13.1 Å². The van der Waals surface area contributed by atoms with E-state index < -0.39 is 15.6 Å². The van der Waals surface area contributed by atoms with Gasteiger partial charge in [0.1, 0.15) is 4.21 Å². The molecule has 1 aromatic heterocycles. The third-order valence-electron chi connectivity index (χ3n) is 2.92. The minimum Gasteiger partial charge on any atom is -0.380 e. The summed E-state index contributed by atoms with van der Waals surface area (Å²) < 4.78 is 32.9. The molecule has 1 aliphatic rings. The van der Waals surface area contributed by atoms with Crippen LogP contribution >= 0.6 is 11.3 Å². The van der Waals surface area contributed by atoms with Crippen LogP contribution in [0.2, 0.25) is 0 Å². The van der Waals surface area contributed by atoms with Crippen molar-refractivity contribution in [1.82, 2.24) is 4.72 Å². The predicted octanol–water partition coefficient (Wildman–Crippen LogP) is 1.05. The second kappa shape index (κ2) is 5.26. The molecule has 1 fully saturated rings. The highest BCUT2D eigenvalue weighted by Gasteiger charge is 2.33. The van der Waals surface area contributed by atoms with E-state index in [0.29, 0.717) is 24.0 Å². The van der Waals surface area contributed by atoms with E-state index in [2.05, 4.69) is 4.72 Å². The Balaban J connectivity index is 2.16.